The van der Waals surface area contributed by atoms with Crippen molar-refractivity contribution >= 4 is 11.9 Å². The van der Waals surface area contributed by atoms with Gasteiger partial charge in [0, 0.05) is 6.54 Å². The molecule has 0 aliphatic carbocycles. The summed E-state index contributed by atoms with van der Waals surface area (Å²) in [6.07, 6.45) is 0. The molecule has 0 aliphatic heterocycles. The number of rotatable bonds is 6. The Morgan fingerprint density at radius 1 is 1.00 bits per heavy atom. The van der Waals surface area contributed by atoms with E-state index >= 15 is 0 Å². The van der Waals surface area contributed by atoms with Gasteiger partial charge in [-0.15, -0.1) is 0 Å². The highest BCUT2D eigenvalue weighted by Gasteiger charge is 2.50. The van der Waals surface area contributed by atoms with Crippen molar-refractivity contribution in [3.63, 3.8) is 0 Å². The third-order valence-electron chi connectivity index (χ3n) is 3.54. The fourth-order valence-corrected chi connectivity index (χ4v) is 1.27. The number of ether oxygens (including phenoxy) is 2. The first-order chi connectivity index (χ1) is 8.07. The zero-order valence-electron chi connectivity index (χ0n) is 12.5. The normalized spacial score (nSPS) is 12.4. The van der Waals surface area contributed by atoms with E-state index in [1.165, 1.54) is 7.11 Å². The molecule has 0 unspecified atom stereocenters. The highest BCUT2D eigenvalue weighted by Crippen LogP contribution is 2.40. The van der Waals surface area contributed by atoms with Gasteiger partial charge in [-0.2, -0.15) is 0 Å². The summed E-state index contributed by atoms with van der Waals surface area (Å²) in [5.41, 5.74) is -1.87. The van der Waals surface area contributed by atoms with Gasteiger partial charge in [0.15, 0.2) is 0 Å². The van der Waals surface area contributed by atoms with Gasteiger partial charge in [0.25, 0.3) is 0 Å². The third-order valence-corrected chi connectivity index (χ3v) is 3.54. The molecule has 0 fully saturated rings. The first-order valence-electron chi connectivity index (χ1n) is 5.97. The molecule has 0 amide bonds. The minimum atomic E-state index is -0.938. The maximum absolute atomic E-state index is 12.1. The van der Waals surface area contributed by atoms with E-state index in [0.29, 0.717) is 13.2 Å². The first kappa shape index (κ1) is 16.9. The van der Waals surface area contributed by atoms with Crippen molar-refractivity contribution in [2.24, 2.45) is 10.8 Å². The standard InChI is InChI=1S/C13H25NO4/c1-12(2,10(15)17-7)13(3,4)11(16)18-9-8-14(5)6/h8-9H2,1-7H3. The average molecular weight is 259 g/mol. The number of hydrogen-bond acceptors (Lipinski definition) is 5. The molecular formula is C13H25NO4. The van der Waals surface area contributed by atoms with Crippen LogP contribution in [-0.2, 0) is 19.1 Å². The van der Waals surface area contributed by atoms with Crippen LogP contribution in [0.15, 0.2) is 0 Å². The first-order valence-corrected chi connectivity index (χ1v) is 5.97. The summed E-state index contributed by atoms with van der Waals surface area (Å²) in [6, 6.07) is 0. The minimum Gasteiger partial charge on any atom is -0.469 e. The van der Waals surface area contributed by atoms with Gasteiger partial charge in [-0.1, -0.05) is 0 Å². The van der Waals surface area contributed by atoms with Gasteiger partial charge in [0.2, 0.25) is 0 Å². The molecule has 5 nitrogen and oxygen atoms in total. The molecule has 0 heterocycles. The molecule has 0 radical (unpaired) electrons. The van der Waals surface area contributed by atoms with Crippen molar-refractivity contribution in [2.75, 3.05) is 34.4 Å². The fourth-order valence-electron chi connectivity index (χ4n) is 1.27. The highest BCUT2D eigenvalue weighted by atomic mass is 16.5. The van der Waals surface area contributed by atoms with Gasteiger partial charge >= 0.3 is 11.9 Å². The van der Waals surface area contributed by atoms with E-state index in [0.717, 1.165) is 0 Å². The molecule has 0 aromatic rings. The number of likely N-dealkylation sites (N-methyl/N-ethyl adjacent to an activating group) is 1. The molecule has 0 bridgehead atoms. The molecule has 0 N–H and O–H groups in total. The summed E-state index contributed by atoms with van der Waals surface area (Å²) in [7, 11) is 5.12. The molecular weight excluding hydrogens is 234 g/mol. The Morgan fingerprint density at radius 3 is 1.83 bits per heavy atom. The lowest BCUT2D eigenvalue weighted by molar-refractivity contribution is -0.174. The molecule has 0 saturated heterocycles. The van der Waals surface area contributed by atoms with Crippen LogP contribution in [0.25, 0.3) is 0 Å². The van der Waals surface area contributed by atoms with Gasteiger partial charge in [0.1, 0.15) is 6.61 Å². The molecule has 0 atom stereocenters. The Morgan fingerprint density at radius 2 is 1.44 bits per heavy atom. The SMILES string of the molecule is COC(=O)C(C)(C)C(C)(C)C(=O)OCCN(C)C. The van der Waals surface area contributed by atoms with Crippen LogP contribution in [0.2, 0.25) is 0 Å². The number of esters is 2. The second-order valence-corrected chi connectivity index (χ2v) is 5.68. The maximum Gasteiger partial charge on any atom is 0.312 e. The van der Waals surface area contributed by atoms with Gasteiger partial charge in [-0.25, -0.2) is 0 Å². The summed E-state index contributed by atoms with van der Waals surface area (Å²) >= 11 is 0. The van der Waals surface area contributed by atoms with Crippen molar-refractivity contribution in [2.45, 2.75) is 27.7 Å². The Bertz CT molecular complexity index is 308. The number of carbonyl (C=O) groups excluding carboxylic acids is 2. The number of carbonyl (C=O) groups is 2. The second-order valence-electron chi connectivity index (χ2n) is 5.68. The molecule has 0 rings (SSSR count). The molecule has 18 heavy (non-hydrogen) atoms. The Labute approximate surface area is 109 Å². The molecule has 0 aromatic carbocycles. The lowest BCUT2D eigenvalue weighted by atomic mass is 9.68. The zero-order chi connectivity index (χ0) is 14.6. The number of methoxy groups -OCH3 is 1. The van der Waals surface area contributed by atoms with Crippen LogP contribution >= 0.6 is 0 Å². The predicted molar refractivity (Wildman–Crippen MR) is 69.1 cm³/mol. The lowest BCUT2D eigenvalue weighted by Gasteiger charge is -2.36. The Balaban J connectivity index is 4.70. The smallest absolute Gasteiger partial charge is 0.312 e. The van der Waals surface area contributed by atoms with E-state index in [-0.39, 0.29) is 5.97 Å². The predicted octanol–water partition coefficient (Wildman–Crippen LogP) is 1.32. The summed E-state index contributed by atoms with van der Waals surface area (Å²) in [6.45, 7) is 7.73. The lowest BCUT2D eigenvalue weighted by Crippen LogP contribution is -2.46. The molecule has 5 heteroatoms. The quantitative estimate of drug-likeness (QED) is 0.673. The van der Waals surface area contributed by atoms with Crippen molar-refractivity contribution in [1.29, 1.82) is 0 Å². The Hall–Kier alpha value is -1.10. The van der Waals surface area contributed by atoms with E-state index in [4.69, 9.17) is 9.47 Å². The van der Waals surface area contributed by atoms with Crippen molar-refractivity contribution < 1.29 is 19.1 Å². The maximum atomic E-state index is 12.1. The molecule has 0 aromatic heterocycles. The van der Waals surface area contributed by atoms with Gasteiger partial charge in [-0.3, -0.25) is 9.59 Å². The van der Waals surface area contributed by atoms with E-state index in [9.17, 15) is 9.59 Å². The third kappa shape index (κ3) is 3.70. The molecule has 0 saturated carbocycles. The molecule has 0 spiro atoms. The van der Waals surface area contributed by atoms with Gasteiger partial charge in [-0.05, 0) is 41.8 Å². The van der Waals surface area contributed by atoms with Gasteiger partial charge in [0.05, 0.1) is 17.9 Å². The summed E-state index contributed by atoms with van der Waals surface area (Å²) in [4.78, 5) is 25.7. The molecule has 106 valence electrons. The molecule has 0 aliphatic rings. The van der Waals surface area contributed by atoms with Crippen LogP contribution in [0, 0.1) is 10.8 Å². The summed E-state index contributed by atoms with van der Waals surface area (Å²) < 4.78 is 9.95. The summed E-state index contributed by atoms with van der Waals surface area (Å²) in [5.74, 6) is -0.809. The summed E-state index contributed by atoms with van der Waals surface area (Å²) in [5, 5.41) is 0. The number of hydrogen-bond donors (Lipinski definition) is 0. The van der Waals surface area contributed by atoms with E-state index in [2.05, 4.69) is 0 Å². The fraction of sp³-hybridized carbons (Fsp3) is 0.846. The minimum absolute atomic E-state index is 0.312. The van der Waals surface area contributed by atoms with E-state index in [1.54, 1.807) is 27.7 Å². The van der Waals surface area contributed by atoms with Crippen molar-refractivity contribution in [3.8, 4) is 0 Å². The van der Waals surface area contributed by atoms with Crippen LogP contribution in [0.1, 0.15) is 27.7 Å². The zero-order valence-corrected chi connectivity index (χ0v) is 12.5. The second kappa shape index (κ2) is 6.18. The van der Waals surface area contributed by atoms with Crippen LogP contribution in [-0.4, -0.2) is 51.2 Å². The van der Waals surface area contributed by atoms with Crippen LogP contribution in [0.5, 0.6) is 0 Å². The van der Waals surface area contributed by atoms with Crippen molar-refractivity contribution in [3.05, 3.63) is 0 Å². The van der Waals surface area contributed by atoms with E-state index < -0.39 is 16.8 Å². The average Bonchev–Trinajstić information content (AvgIpc) is 2.26. The van der Waals surface area contributed by atoms with Crippen molar-refractivity contribution in [1.82, 2.24) is 4.90 Å². The van der Waals surface area contributed by atoms with E-state index in [1.807, 2.05) is 19.0 Å². The monoisotopic (exact) mass is 259 g/mol. The highest BCUT2D eigenvalue weighted by molar-refractivity contribution is 5.87. The largest absolute Gasteiger partial charge is 0.469 e. The van der Waals surface area contributed by atoms with Crippen LogP contribution in [0.4, 0.5) is 0 Å². The number of nitrogens with zero attached hydrogens (tertiary/aromatic N) is 1. The topological polar surface area (TPSA) is 55.8 Å². The van der Waals surface area contributed by atoms with Crippen LogP contribution in [0.3, 0.4) is 0 Å². The van der Waals surface area contributed by atoms with Gasteiger partial charge < -0.3 is 14.4 Å². The Kier molecular flexibility index (Phi) is 5.80. The van der Waals surface area contributed by atoms with Crippen LogP contribution < -0.4 is 0 Å².